The fourth-order valence-corrected chi connectivity index (χ4v) is 5.52. The van der Waals surface area contributed by atoms with Gasteiger partial charge in [-0.25, -0.2) is 21.6 Å². The molecule has 1 aromatic heterocycles. The van der Waals surface area contributed by atoms with E-state index in [2.05, 4.69) is 0 Å². The SMILES string of the molecule is CN(Cc1cc(-c2ccccc2F)n(S(=O)(=O)c2cccc3c2CCO3)c1)C(=O)OC(C)(C)C. The van der Waals surface area contributed by atoms with Gasteiger partial charge in [0.15, 0.2) is 0 Å². The van der Waals surface area contributed by atoms with E-state index in [0.29, 0.717) is 29.9 Å². The van der Waals surface area contributed by atoms with Crippen LogP contribution in [-0.4, -0.2) is 42.6 Å². The van der Waals surface area contributed by atoms with Gasteiger partial charge >= 0.3 is 6.09 Å². The second kappa shape index (κ2) is 8.79. The maximum Gasteiger partial charge on any atom is 0.410 e. The highest BCUT2D eigenvalue weighted by molar-refractivity contribution is 7.90. The van der Waals surface area contributed by atoms with E-state index in [1.54, 1.807) is 58.2 Å². The summed E-state index contributed by atoms with van der Waals surface area (Å²) < 4.78 is 54.3. The zero-order chi connectivity index (χ0) is 24.7. The number of fused-ring (bicyclic) bond motifs is 1. The van der Waals surface area contributed by atoms with Gasteiger partial charge in [-0.2, -0.15) is 0 Å². The maximum atomic E-state index is 14.7. The van der Waals surface area contributed by atoms with Crippen molar-refractivity contribution < 1.29 is 27.1 Å². The molecule has 0 saturated heterocycles. The van der Waals surface area contributed by atoms with Crippen molar-refractivity contribution in [1.29, 1.82) is 0 Å². The van der Waals surface area contributed by atoms with Crippen LogP contribution in [0.15, 0.2) is 59.6 Å². The fraction of sp³-hybridized carbons (Fsp3) is 0.320. The number of halogens is 1. The number of carbonyl (C=O) groups excluding carboxylic acids is 1. The molecule has 1 amide bonds. The van der Waals surface area contributed by atoms with E-state index in [0.717, 1.165) is 3.97 Å². The van der Waals surface area contributed by atoms with Crippen LogP contribution in [0.3, 0.4) is 0 Å². The molecule has 0 atom stereocenters. The van der Waals surface area contributed by atoms with Gasteiger partial charge in [0.1, 0.15) is 17.2 Å². The third-order valence-electron chi connectivity index (χ3n) is 5.35. The van der Waals surface area contributed by atoms with Gasteiger partial charge < -0.3 is 14.4 Å². The Morgan fingerprint density at radius 1 is 1.18 bits per heavy atom. The lowest BCUT2D eigenvalue weighted by atomic mass is 10.1. The largest absolute Gasteiger partial charge is 0.493 e. The summed E-state index contributed by atoms with van der Waals surface area (Å²) >= 11 is 0. The third-order valence-corrected chi connectivity index (χ3v) is 7.11. The average molecular weight is 487 g/mol. The minimum absolute atomic E-state index is 0.0783. The van der Waals surface area contributed by atoms with Crippen LogP contribution in [0.4, 0.5) is 9.18 Å². The summed E-state index contributed by atoms with van der Waals surface area (Å²) in [4.78, 5) is 13.9. The Balaban J connectivity index is 1.79. The van der Waals surface area contributed by atoms with Gasteiger partial charge in [-0.05, 0) is 56.7 Å². The van der Waals surface area contributed by atoms with Gasteiger partial charge in [-0.1, -0.05) is 18.2 Å². The molecule has 2 heterocycles. The van der Waals surface area contributed by atoms with Crippen LogP contribution >= 0.6 is 0 Å². The van der Waals surface area contributed by atoms with E-state index in [-0.39, 0.29) is 22.7 Å². The van der Waals surface area contributed by atoms with Crippen molar-refractivity contribution in [2.75, 3.05) is 13.7 Å². The number of hydrogen-bond donors (Lipinski definition) is 0. The van der Waals surface area contributed by atoms with E-state index in [1.165, 1.54) is 29.3 Å². The van der Waals surface area contributed by atoms with Crippen molar-refractivity contribution in [3.63, 3.8) is 0 Å². The third kappa shape index (κ3) is 4.65. The highest BCUT2D eigenvalue weighted by Crippen LogP contribution is 2.35. The molecule has 0 fully saturated rings. The molecule has 4 rings (SSSR count). The molecule has 34 heavy (non-hydrogen) atoms. The van der Waals surface area contributed by atoms with Crippen molar-refractivity contribution in [1.82, 2.24) is 8.87 Å². The average Bonchev–Trinajstić information content (AvgIpc) is 3.40. The van der Waals surface area contributed by atoms with Crippen molar-refractivity contribution in [3.8, 4) is 17.0 Å². The Labute approximate surface area is 198 Å². The number of aromatic nitrogens is 1. The number of carbonyl (C=O) groups is 1. The first-order chi connectivity index (χ1) is 16.0. The van der Waals surface area contributed by atoms with Crippen molar-refractivity contribution in [2.45, 2.75) is 44.2 Å². The molecular weight excluding hydrogens is 459 g/mol. The highest BCUT2D eigenvalue weighted by atomic mass is 32.2. The van der Waals surface area contributed by atoms with Gasteiger partial charge in [0.05, 0.1) is 23.7 Å². The zero-order valence-electron chi connectivity index (χ0n) is 19.5. The molecule has 0 radical (unpaired) electrons. The molecule has 0 spiro atoms. The molecule has 3 aromatic rings. The van der Waals surface area contributed by atoms with Crippen molar-refractivity contribution >= 4 is 16.1 Å². The lowest BCUT2D eigenvalue weighted by Gasteiger charge is -2.24. The van der Waals surface area contributed by atoms with Gasteiger partial charge in [-0.15, -0.1) is 0 Å². The summed E-state index contributed by atoms with van der Waals surface area (Å²) in [7, 11) is -2.53. The molecule has 0 saturated carbocycles. The molecule has 0 unspecified atom stereocenters. The minimum atomic E-state index is -4.09. The summed E-state index contributed by atoms with van der Waals surface area (Å²) in [5.41, 5.74) is 0.750. The Morgan fingerprint density at radius 3 is 2.62 bits per heavy atom. The molecule has 180 valence electrons. The predicted octanol–water partition coefficient (Wildman–Crippen LogP) is 4.83. The van der Waals surface area contributed by atoms with Gasteiger partial charge in [0.25, 0.3) is 10.0 Å². The Morgan fingerprint density at radius 2 is 1.91 bits per heavy atom. The first kappa shape index (κ1) is 23.8. The second-order valence-electron chi connectivity index (χ2n) is 9.18. The molecular formula is C25H27FN2O5S. The lowest BCUT2D eigenvalue weighted by Crippen LogP contribution is -2.33. The smallest absolute Gasteiger partial charge is 0.410 e. The molecule has 2 aromatic carbocycles. The zero-order valence-corrected chi connectivity index (χ0v) is 20.4. The Hall–Kier alpha value is -3.33. The lowest BCUT2D eigenvalue weighted by molar-refractivity contribution is 0.0285. The molecule has 9 heteroatoms. The van der Waals surface area contributed by atoms with Gasteiger partial charge in [0, 0.05) is 30.8 Å². The van der Waals surface area contributed by atoms with Crippen LogP contribution in [0.5, 0.6) is 5.75 Å². The van der Waals surface area contributed by atoms with Gasteiger partial charge in [-0.3, -0.25) is 0 Å². The Bertz CT molecular complexity index is 1340. The van der Waals surface area contributed by atoms with Crippen LogP contribution < -0.4 is 4.74 Å². The topological polar surface area (TPSA) is 77.8 Å². The summed E-state index contributed by atoms with van der Waals surface area (Å²) in [6.45, 7) is 5.77. The molecule has 0 aliphatic carbocycles. The quantitative estimate of drug-likeness (QED) is 0.516. The fourth-order valence-electron chi connectivity index (χ4n) is 3.86. The molecule has 1 aliphatic rings. The van der Waals surface area contributed by atoms with E-state index in [1.807, 2.05) is 0 Å². The normalized spacial score (nSPS) is 13.3. The van der Waals surface area contributed by atoms with Crippen molar-refractivity contribution in [3.05, 3.63) is 71.7 Å². The van der Waals surface area contributed by atoms with Crippen LogP contribution in [0.1, 0.15) is 31.9 Å². The summed E-state index contributed by atoms with van der Waals surface area (Å²) in [5.74, 6) is -0.0173. The molecule has 0 N–H and O–H groups in total. The summed E-state index contributed by atoms with van der Waals surface area (Å²) in [6, 6.07) is 12.5. The number of ether oxygens (including phenoxy) is 2. The maximum absolute atomic E-state index is 14.7. The molecule has 0 bridgehead atoms. The van der Waals surface area contributed by atoms with E-state index < -0.39 is 27.5 Å². The van der Waals surface area contributed by atoms with E-state index in [9.17, 15) is 17.6 Å². The van der Waals surface area contributed by atoms with E-state index >= 15 is 0 Å². The standard InChI is InChI=1S/C25H27FN2O5S/c1-25(2,3)33-24(29)27(4)15-17-14-21(18-8-5-6-9-20(18)26)28(16-17)34(30,31)23-11-7-10-22-19(23)12-13-32-22/h5-11,14,16H,12-13,15H2,1-4H3. The van der Waals surface area contributed by atoms with Crippen LogP contribution in [0, 0.1) is 5.82 Å². The van der Waals surface area contributed by atoms with Crippen LogP contribution in [0.2, 0.25) is 0 Å². The minimum Gasteiger partial charge on any atom is -0.493 e. The van der Waals surface area contributed by atoms with Crippen molar-refractivity contribution in [2.24, 2.45) is 0 Å². The number of rotatable bonds is 5. The number of nitrogens with zero attached hydrogens (tertiary/aromatic N) is 2. The van der Waals surface area contributed by atoms with Gasteiger partial charge in [0.2, 0.25) is 0 Å². The first-order valence-corrected chi connectivity index (χ1v) is 12.3. The summed E-state index contributed by atoms with van der Waals surface area (Å²) in [5, 5.41) is 0. The Kier molecular flexibility index (Phi) is 6.16. The molecule has 1 aliphatic heterocycles. The van der Waals surface area contributed by atoms with Crippen LogP contribution in [-0.2, 0) is 27.7 Å². The number of amides is 1. The predicted molar refractivity (Wildman–Crippen MR) is 126 cm³/mol. The number of hydrogen-bond acceptors (Lipinski definition) is 5. The molecule has 7 nitrogen and oxygen atoms in total. The van der Waals surface area contributed by atoms with E-state index in [4.69, 9.17) is 9.47 Å². The highest BCUT2D eigenvalue weighted by Gasteiger charge is 2.29. The first-order valence-electron chi connectivity index (χ1n) is 10.9. The monoisotopic (exact) mass is 486 g/mol. The summed E-state index contributed by atoms with van der Waals surface area (Å²) in [6.07, 6.45) is 1.34. The number of benzene rings is 2. The van der Waals surface area contributed by atoms with Crippen LogP contribution in [0.25, 0.3) is 11.3 Å². The second-order valence-corrected chi connectivity index (χ2v) is 11.0.